The van der Waals surface area contributed by atoms with E-state index in [0.717, 1.165) is 12.6 Å². The largest absolute Gasteiger partial charge is 0.367 e. The van der Waals surface area contributed by atoms with Crippen molar-refractivity contribution in [2.24, 2.45) is 5.84 Å². The molecule has 0 aliphatic heterocycles. The van der Waals surface area contributed by atoms with E-state index in [1.54, 1.807) is 0 Å². The summed E-state index contributed by atoms with van der Waals surface area (Å²) in [7, 11) is 0. The molecule has 100 valence electrons. The molecule has 0 atom stereocenters. The fraction of sp³-hybridized carbons (Fsp3) is 0.500. The lowest BCUT2D eigenvalue weighted by molar-refractivity contribution is -0.120. The topological polar surface area (TPSA) is 105 Å². The van der Waals surface area contributed by atoms with Crippen LogP contribution < -0.4 is 21.9 Å². The van der Waals surface area contributed by atoms with Gasteiger partial charge in [0.2, 0.25) is 11.9 Å². The zero-order valence-corrected chi connectivity index (χ0v) is 10.2. The molecular formula is C10H17FN6O. The van der Waals surface area contributed by atoms with Crippen LogP contribution in [0.25, 0.3) is 0 Å². The lowest BCUT2D eigenvalue weighted by Gasteiger charge is -2.07. The van der Waals surface area contributed by atoms with Gasteiger partial charge in [-0.05, 0) is 6.42 Å². The number of hydrogen-bond acceptors (Lipinski definition) is 6. The molecule has 0 unspecified atom stereocenters. The summed E-state index contributed by atoms with van der Waals surface area (Å²) in [5.74, 6) is 4.55. The zero-order valence-electron chi connectivity index (χ0n) is 10.2. The minimum absolute atomic E-state index is 0.0150. The van der Waals surface area contributed by atoms with E-state index in [0.29, 0.717) is 6.54 Å². The van der Waals surface area contributed by atoms with Crippen LogP contribution in [0.3, 0.4) is 0 Å². The summed E-state index contributed by atoms with van der Waals surface area (Å²) >= 11 is 0. The van der Waals surface area contributed by atoms with Crippen LogP contribution in [0.5, 0.6) is 0 Å². The molecule has 0 saturated carbocycles. The molecule has 0 aromatic carbocycles. The molecule has 0 bridgehead atoms. The maximum Gasteiger partial charge on any atom is 0.239 e. The number of carbonyl (C=O) groups excluding carboxylic acids is 1. The lowest BCUT2D eigenvalue weighted by atomic mass is 10.3. The van der Waals surface area contributed by atoms with Gasteiger partial charge in [0.05, 0.1) is 6.20 Å². The van der Waals surface area contributed by atoms with Gasteiger partial charge in [-0.3, -0.25) is 10.2 Å². The fourth-order valence-electron chi connectivity index (χ4n) is 1.21. The highest BCUT2D eigenvalue weighted by atomic mass is 19.1. The number of aromatic nitrogens is 2. The zero-order chi connectivity index (χ0) is 13.4. The van der Waals surface area contributed by atoms with Gasteiger partial charge in [0, 0.05) is 19.5 Å². The number of hydrogen-bond donors (Lipinski definition) is 4. The first-order valence-corrected chi connectivity index (χ1v) is 5.67. The second-order valence-corrected chi connectivity index (χ2v) is 3.56. The highest BCUT2D eigenvalue weighted by Gasteiger charge is 2.06. The number of nitrogens with one attached hydrogen (secondary N) is 3. The Hall–Kier alpha value is -1.96. The van der Waals surface area contributed by atoms with Gasteiger partial charge in [0.15, 0.2) is 11.6 Å². The molecule has 0 fully saturated rings. The third-order valence-corrected chi connectivity index (χ3v) is 2.09. The summed E-state index contributed by atoms with van der Waals surface area (Å²) < 4.78 is 13.3. The van der Waals surface area contributed by atoms with Gasteiger partial charge in [-0.2, -0.15) is 4.98 Å². The number of halogens is 1. The maximum atomic E-state index is 13.3. The Morgan fingerprint density at radius 1 is 1.50 bits per heavy atom. The number of anilines is 2. The normalized spacial score (nSPS) is 9.94. The Labute approximate surface area is 104 Å². The number of hydrazine groups is 1. The number of nitrogen functional groups attached to an aromatic ring is 1. The van der Waals surface area contributed by atoms with Gasteiger partial charge in [-0.15, -0.1) is 0 Å². The SMILES string of the molecule is CCCNC(=O)CCNc1nc(NN)ncc1F. The summed E-state index contributed by atoms with van der Waals surface area (Å²) in [4.78, 5) is 18.7. The van der Waals surface area contributed by atoms with Crippen molar-refractivity contribution in [3.8, 4) is 0 Å². The highest BCUT2D eigenvalue weighted by Crippen LogP contribution is 2.10. The average molecular weight is 256 g/mol. The first-order chi connectivity index (χ1) is 8.67. The fourth-order valence-corrected chi connectivity index (χ4v) is 1.21. The van der Waals surface area contributed by atoms with Gasteiger partial charge >= 0.3 is 0 Å². The van der Waals surface area contributed by atoms with Crippen LogP contribution in [0.2, 0.25) is 0 Å². The number of nitrogens with two attached hydrogens (primary N) is 1. The van der Waals surface area contributed by atoms with E-state index in [2.05, 4.69) is 26.0 Å². The molecule has 5 N–H and O–H groups in total. The third kappa shape index (κ3) is 4.50. The van der Waals surface area contributed by atoms with Gasteiger partial charge in [-0.1, -0.05) is 6.92 Å². The molecule has 0 saturated heterocycles. The van der Waals surface area contributed by atoms with Gasteiger partial charge in [0.1, 0.15) is 0 Å². The Bertz CT molecular complexity index is 400. The Balaban J connectivity index is 2.41. The van der Waals surface area contributed by atoms with Crippen LogP contribution in [-0.2, 0) is 4.79 Å². The molecule has 8 heteroatoms. The van der Waals surface area contributed by atoms with Crippen LogP contribution >= 0.6 is 0 Å². The van der Waals surface area contributed by atoms with Gasteiger partial charge < -0.3 is 10.6 Å². The number of nitrogens with zero attached hydrogens (tertiary/aromatic N) is 2. The van der Waals surface area contributed by atoms with Crippen LogP contribution in [0.1, 0.15) is 19.8 Å². The molecule has 1 aromatic rings. The lowest BCUT2D eigenvalue weighted by Crippen LogP contribution is -2.26. The van der Waals surface area contributed by atoms with E-state index in [-0.39, 0.29) is 30.6 Å². The van der Waals surface area contributed by atoms with Crippen molar-refractivity contribution in [1.82, 2.24) is 15.3 Å². The Morgan fingerprint density at radius 2 is 2.28 bits per heavy atom. The van der Waals surface area contributed by atoms with E-state index < -0.39 is 5.82 Å². The van der Waals surface area contributed by atoms with E-state index in [9.17, 15) is 9.18 Å². The monoisotopic (exact) mass is 256 g/mol. The molecule has 0 spiro atoms. The molecule has 0 aliphatic rings. The van der Waals surface area contributed by atoms with Crippen molar-refractivity contribution < 1.29 is 9.18 Å². The quantitative estimate of drug-likeness (QED) is 0.411. The first-order valence-electron chi connectivity index (χ1n) is 5.67. The van der Waals surface area contributed by atoms with Crippen LogP contribution in [0.15, 0.2) is 6.20 Å². The summed E-state index contributed by atoms with van der Waals surface area (Å²) in [6.45, 7) is 2.89. The van der Waals surface area contributed by atoms with E-state index >= 15 is 0 Å². The standard InChI is InChI=1S/C10H17FN6O/c1-2-4-13-8(18)3-5-14-9-7(11)6-15-10(16-9)17-12/h6H,2-5,12H2,1H3,(H,13,18)(H2,14,15,16,17). The summed E-state index contributed by atoms with van der Waals surface area (Å²) in [5.41, 5.74) is 2.21. The molecule has 1 aromatic heterocycles. The van der Waals surface area contributed by atoms with Crippen molar-refractivity contribution in [3.05, 3.63) is 12.0 Å². The minimum atomic E-state index is -0.594. The smallest absolute Gasteiger partial charge is 0.239 e. The molecule has 0 radical (unpaired) electrons. The van der Waals surface area contributed by atoms with Gasteiger partial charge in [0.25, 0.3) is 0 Å². The second-order valence-electron chi connectivity index (χ2n) is 3.56. The summed E-state index contributed by atoms with van der Waals surface area (Å²) in [5, 5.41) is 5.43. The number of amides is 1. The van der Waals surface area contributed by atoms with E-state index in [4.69, 9.17) is 5.84 Å². The van der Waals surface area contributed by atoms with Crippen molar-refractivity contribution in [1.29, 1.82) is 0 Å². The predicted molar refractivity (Wildman–Crippen MR) is 66.2 cm³/mol. The van der Waals surface area contributed by atoms with E-state index in [1.165, 1.54) is 0 Å². The molecule has 1 rings (SSSR count). The third-order valence-electron chi connectivity index (χ3n) is 2.09. The Kier molecular flexibility index (Phi) is 5.78. The summed E-state index contributed by atoms with van der Waals surface area (Å²) in [6, 6.07) is 0. The molecule has 1 amide bonds. The number of carbonyl (C=O) groups is 1. The molecule has 1 heterocycles. The number of rotatable bonds is 7. The van der Waals surface area contributed by atoms with Crippen LogP contribution in [-0.4, -0.2) is 29.0 Å². The van der Waals surface area contributed by atoms with Crippen LogP contribution in [0.4, 0.5) is 16.2 Å². The molecular weight excluding hydrogens is 239 g/mol. The molecule has 18 heavy (non-hydrogen) atoms. The van der Waals surface area contributed by atoms with Crippen molar-refractivity contribution >= 4 is 17.7 Å². The summed E-state index contributed by atoms with van der Waals surface area (Å²) in [6.07, 6.45) is 2.13. The second kappa shape index (κ2) is 7.38. The first kappa shape index (κ1) is 14.1. The average Bonchev–Trinajstić information content (AvgIpc) is 2.38. The predicted octanol–water partition coefficient (Wildman–Crippen LogP) is 0.229. The molecule has 0 aliphatic carbocycles. The maximum absolute atomic E-state index is 13.3. The molecule has 7 nitrogen and oxygen atoms in total. The van der Waals surface area contributed by atoms with E-state index in [1.807, 2.05) is 6.92 Å². The van der Waals surface area contributed by atoms with Crippen molar-refractivity contribution in [3.63, 3.8) is 0 Å². The van der Waals surface area contributed by atoms with Crippen molar-refractivity contribution in [2.45, 2.75) is 19.8 Å². The highest BCUT2D eigenvalue weighted by molar-refractivity contribution is 5.76. The van der Waals surface area contributed by atoms with Crippen molar-refractivity contribution in [2.75, 3.05) is 23.8 Å². The van der Waals surface area contributed by atoms with Crippen LogP contribution in [0, 0.1) is 5.82 Å². The van der Waals surface area contributed by atoms with Gasteiger partial charge in [-0.25, -0.2) is 15.2 Å². The Morgan fingerprint density at radius 3 is 2.94 bits per heavy atom. The minimum Gasteiger partial charge on any atom is -0.367 e.